The quantitative estimate of drug-likeness (QED) is 0.840. The number of hydrogen-bond acceptors (Lipinski definition) is 3. The summed E-state index contributed by atoms with van der Waals surface area (Å²) >= 11 is 0. The van der Waals surface area contributed by atoms with Crippen LogP contribution in [0, 0.1) is 17.6 Å². The second-order valence-corrected chi connectivity index (χ2v) is 6.90. The molecule has 0 aromatic heterocycles. The largest absolute Gasteiger partial charge is 0.497 e. The first-order valence-corrected chi connectivity index (χ1v) is 9.13. The van der Waals surface area contributed by atoms with Gasteiger partial charge in [-0.05, 0) is 67.7 Å². The number of piperidine rings is 1. The van der Waals surface area contributed by atoms with Crippen molar-refractivity contribution in [2.75, 3.05) is 26.7 Å². The van der Waals surface area contributed by atoms with Crippen molar-refractivity contribution >= 4 is 5.91 Å². The fourth-order valence-corrected chi connectivity index (χ4v) is 3.34. The highest BCUT2D eigenvalue weighted by molar-refractivity contribution is 5.94. The third-order valence-electron chi connectivity index (χ3n) is 5.00. The van der Waals surface area contributed by atoms with Crippen LogP contribution in [0.5, 0.6) is 5.75 Å². The summed E-state index contributed by atoms with van der Waals surface area (Å²) in [5.74, 6) is -0.690. The van der Waals surface area contributed by atoms with E-state index in [0.29, 0.717) is 12.5 Å². The van der Waals surface area contributed by atoms with E-state index in [1.807, 2.05) is 12.1 Å². The second kappa shape index (κ2) is 8.95. The minimum Gasteiger partial charge on any atom is -0.497 e. The molecule has 1 fully saturated rings. The number of methoxy groups -OCH3 is 1. The van der Waals surface area contributed by atoms with Crippen LogP contribution in [0.25, 0.3) is 0 Å². The van der Waals surface area contributed by atoms with Gasteiger partial charge < -0.3 is 10.1 Å². The number of nitrogens with one attached hydrogen (secondary N) is 1. The number of ether oxygens (including phenoxy) is 1. The van der Waals surface area contributed by atoms with Crippen molar-refractivity contribution in [3.8, 4) is 5.75 Å². The maximum absolute atomic E-state index is 13.6. The first-order chi connectivity index (χ1) is 13.0. The Kier molecular flexibility index (Phi) is 6.40. The van der Waals surface area contributed by atoms with Gasteiger partial charge in [0, 0.05) is 13.1 Å². The summed E-state index contributed by atoms with van der Waals surface area (Å²) in [5, 5.41) is 2.74. The van der Waals surface area contributed by atoms with E-state index < -0.39 is 17.5 Å². The normalized spacial score (nSPS) is 15.5. The summed E-state index contributed by atoms with van der Waals surface area (Å²) in [4.78, 5) is 14.5. The molecule has 27 heavy (non-hydrogen) atoms. The number of hydrogen-bond donors (Lipinski definition) is 1. The number of halogens is 2. The SMILES string of the molecule is COc1ccc(CN2CCC(CNC(=O)c3cc(F)ccc3F)CC2)cc1. The Balaban J connectivity index is 1.44. The maximum atomic E-state index is 13.6. The number of carbonyl (C=O) groups is 1. The standard InChI is InChI=1S/C21H24F2N2O2/c1-27-18-5-2-16(3-6-18)14-25-10-8-15(9-11-25)13-24-21(26)19-12-17(22)4-7-20(19)23/h2-7,12,15H,8-11,13-14H2,1H3,(H,24,26). The lowest BCUT2D eigenvalue weighted by atomic mass is 9.96. The molecule has 144 valence electrons. The van der Waals surface area contributed by atoms with E-state index in [-0.39, 0.29) is 5.56 Å². The molecular formula is C21H24F2N2O2. The molecule has 1 aliphatic rings. The molecular weight excluding hydrogens is 350 g/mol. The number of amides is 1. The molecule has 0 saturated carbocycles. The molecule has 3 rings (SSSR count). The third kappa shape index (κ3) is 5.26. The fraction of sp³-hybridized carbons (Fsp3) is 0.381. The number of carbonyl (C=O) groups excluding carboxylic acids is 1. The lowest BCUT2D eigenvalue weighted by Gasteiger charge is -2.32. The van der Waals surface area contributed by atoms with E-state index in [4.69, 9.17) is 4.74 Å². The molecule has 2 aromatic carbocycles. The fourth-order valence-electron chi connectivity index (χ4n) is 3.34. The monoisotopic (exact) mass is 374 g/mol. The van der Waals surface area contributed by atoms with Crippen LogP contribution >= 0.6 is 0 Å². The van der Waals surface area contributed by atoms with Gasteiger partial charge in [-0.3, -0.25) is 9.69 Å². The van der Waals surface area contributed by atoms with Crippen LogP contribution in [0.3, 0.4) is 0 Å². The van der Waals surface area contributed by atoms with Gasteiger partial charge in [0.1, 0.15) is 17.4 Å². The Hall–Kier alpha value is -2.47. The van der Waals surface area contributed by atoms with Crippen molar-refractivity contribution in [1.29, 1.82) is 0 Å². The minimum atomic E-state index is -0.705. The van der Waals surface area contributed by atoms with Gasteiger partial charge in [-0.2, -0.15) is 0 Å². The van der Waals surface area contributed by atoms with Crippen LogP contribution in [-0.2, 0) is 6.54 Å². The highest BCUT2D eigenvalue weighted by Crippen LogP contribution is 2.20. The summed E-state index contributed by atoms with van der Waals surface area (Å²) in [6, 6.07) is 11.0. The van der Waals surface area contributed by atoms with Crippen LogP contribution in [0.2, 0.25) is 0 Å². The van der Waals surface area contributed by atoms with Crippen LogP contribution in [0.15, 0.2) is 42.5 Å². The Bertz CT molecular complexity index is 772. The van der Waals surface area contributed by atoms with Gasteiger partial charge in [-0.25, -0.2) is 8.78 Å². The average Bonchev–Trinajstić information content (AvgIpc) is 2.69. The Morgan fingerprint density at radius 1 is 1.15 bits per heavy atom. The van der Waals surface area contributed by atoms with Gasteiger partial charge in [0.15, 0.2) is 0 Å². The molecule has 1 N–H and O–H groups in total. The number of nitrogens with zero attached hydrogens (tertiary/aromatic N) is 1. The zero-order valence-corrected chi connectivity index (χ0v) is 15.4. The Labute approximate surface area is 158 Å². The molecule has 4 nitrogen and oxygen atoms in total. The molecule has 6 heteroatoms. The molecule has 0 aliphatic carbocycles. The van der Waals surface area contributed by atoms with Crippen molar-refractivity contribution in [3.05, 3.63) is 65.2 Å². The smallest absolute Gasteiger partial charge is 0.254 e. The second-order valence-electron chi connectivity index (χ2n) is 6.90. The van der Waals surface area contributed by atoms with Gasteiger partial charge in [0.2, 0.25) is 0 Å². The predicted octanol–water partition coefficient (Wildman–Crippen LogP) is 3.62. The maximum Gasteiger partial charge on any atom is 0.254 e. The van der Waals surface area contributed by atoms with E-state index in [0.717, 1.165) is 56.4 Å². The average molecular weight is 374 g/mol. The lowest BCUT2D eigenvalue weighted by molar-refractivity contribution is 0.0930. The van der Waals surface area contributed by atoms with Crippen molar-refractivity contribution in [3.63, 3.8) is 0 Å². The van der Waals surface area contributed by atoms with Crippen molar-refractivity contribution in [2.24, 2.45) is 5.92 Å². The number of rotatable bonds is 6. The summed E-state index contributed by atoms with van der Waals surface area (Å²) in [6.45, 7) is 3.25. The summed E-state index contributed by atoms with van der Waals surface area (Å²) in [5.41, 5.74) is 0.996. The van der Waals surface area contributed by atoms with E-state index in [2.05, 4.69) is 22.3 Å². The zero-order valence-electron chi connectivity index (χ0n) is 15.4. The molecule has 0 radical (unpaired) electrons. The highest BCUT2D eigenvalue weighted by atomic mass is 19.1. The summed E-state index contributed by atoms with van der Waals surface area (Å²) in [7, 11) is 1.65. The predicted molar refractivity (Wildman–Crippen MR) is 99.7 cm³/mol. The summed E-state index contributed by atoms with van der Waals surface area (Å²) in [6.07, 6.45) is 1.92. The van der Waals surface area contributed by atoms with Crippen LogP contribution in [0.4, 0.5) is 8.78 Å². The Morgan fingerprint density at radius 2 is 1.85 bits per heavy atom. The van der Waals surface area contributed by atoms with Crippen LogP contribution < -0.4 is 10.1 Å². The highest BCUT2D eigenvalue weighted by Gasteiger charge is 2.21. The molecule has 1 aliphatic heterocycles. The lowest BCUT2D eigenvalue weighted by Crippen LogP contribution is -2.38. The van der Waals surface area contributed by atoms with E-state index >= 15 is 0 Å². The Morgan fingerprint density at radius 3 is 2.52 bits per heavy atom. The van der Waals surface area contributed by atoms with Crippen LogP contribution in [-0.4, -0.2) is 37.6 Å². The van der Waals surface area contributed by atoms with Gasteiger partial charge in [0.05, 0.1) is 12.7 Å². The first kappa shape index (κ1) is 19.3. The molecule has 0 unspecified atom stereocenters. The molecule has 1 saturated heterocycles. The van der Waals surface area contributed by atoms with E-state index in [1.54, 1.807) is 7.11 Å². The first-order valence-electron chi connectivity index (χ1n) is 9.13. The van der Waals surface area contributed by atoms with Crippen molar-refractivity contribution in [1.82, 2.24) is 10.2 Å². The molecule has 0 atom stereocenters. The molecule has 0 spiro atoms. The van der Waals surface area contributed by atoms with Gasteiger partial charge in [0.25, 0.3) is 5.91 Å². The van der Waals surface area contributed by atoms with Crippen molar-refractivity contribution < 1.29 is 18.3 Å². The minimum absolute atomic E-state index is 0.244. The molecule has 0 bridgehead atoms. The molecule has 1 amide bonds. The van der Waals surface area contributed by atoms with E-state index in [9.17, 15) is 13.6 Å². The third-order valence-corrected chi connectivity index (χ3v) is 5.00. The van der Waals surface area contributed by atoms with Gasteiger partial charge in [-0.1, -0.05) is 12.1 Å². The van der Waals surface area contributed by atoms with Crippen molar-refractivity contribution in [2.45, 2.75) is 19.4 Å². The van der Waals surface area contributed by atoms with Crippen LogP contribution in [0.1, 0.15) is 28.8 Å². The van der Waals surface area contributed by atoms with Gasteiger partial charge >= 0.3 is 0 Å². The molecule has 2 aromatic rings. The number of likely N-dealkylation sites (tertiary alicyclic amines) is 1. The zero-order chi connectivity index (χ0) is 19.2. The summed E-state index contributed by atoms with van der Waals surface area (Å²) < 4.78 is 32.0. The molecule has 1 heterocycles. The number of benzene rings is 2. The van der Waals surface area contributed by atoms with Gasteiger partial charge in [-0.15, -0.1) is 0 Å². The van der Waals surface area contributed by atoms with E-state index in [1.165, 1.54) is 5.56 Å². The topological polar surface area (TPSA) is 41.6 Å².